The second kappa shape index (κ2) is 7.97. The van der Waals surface area contributed by atoms with Crippen molar-refractivity contribution in [1.29, 1.82) is 0 Å². The van der Waals surface area contributed by atoms with Gasteiger partial charge < -0.3 is 4.74 Å². The number of hydrogen-bond donors (Lipinski definition) is 1. The fourth-order valence-corrected chi connectivity index (χ4v) is 4.05. The number of alkyl halides is 3. The molecule has 35 heavy (non-hydrogen) atoms. The van der Waals surface area contributed by atoms with Crippen molar-refractivity contribution in [1.82, 2.24) is 35.0 Å². The number of ether oxygens (including phenoxy) is 1. The molecule has 0 aliphatic carbocycles. The maximum absolute atomic E-state index is 12.8. The van der Waals surface area contributed by atoms with E-state index < -0.39 is 6.36 Å². The monoisotopic (exact) mass is 475 g/mol. The number of halogens is 3. The van der Waals surface area contributed by atoms with Gasteiger partial charge in [0.2, 0.25) is 0 Å². The third kappa shape index (κ3) is 3.97. The molecule has 0 radical (unpaired) electrons. The molecule has 0 fully saturated rings. The number of H-pyrrole nitrogens is 1. The lowest BCUT2D eigenvalue weighted by molar-refractivity contribution is -0.274. The average molecular weight is 475 g/mol. The first-order chi connectivity index (χ1) is 16.9. The molecule has 0 amide bonds. The normalized spacial score (nSPS) is 12.0. The van der Waals surface area contributed by atoms with Crippen LogP contribution in [-0.4, -0.2) is 41.3 Å². The lowest BCUT2D eigenvalue weighted by atomic mass is 10.1. The fraction of sp³-hybridized carbons (Fsp3) is 0.0833. The molecule has 0 bridgehead atoms. The van der Waals surface area contributed by atoms with E-state index in [4.69, 9.17) is 0 Å². The minimum Gasteiger partial charge on any atom is -0.405 e. The molecular weight excluding hydrogens is 459 g/mol. The molecule has 3 aromatic carbocycles. The maximum atomic E-state index is 12.8. The van der Waals surface area contributed by atoms with Gasteiger partial charge in [0, 0.05) is 22.7 Å². The Labute approximate surface area is 195 Å². The van der Waals surface area contributed by atoms with Crippen molar-refractivity contribution in [2.24, 2.45) is 0 Å². The standard InChI is InChI=1S/C24H16F3N7O/c25-24(26,27)35-23-4-2-1-3-17(23)14-33-21(9-10-29-33)15-6-8-19-22(11-15)34(32-31-19)18-7-5-16-13-28-30-20(16)12-18/h1-13H,14H2,(H,28,30). The first-order valence-corrected chi connectivity index (χ1v) is 10.6. The molecule has 0 aliphatic heterocycles. The molecule has 0 atom stereocenters. The predicted octanol–water partition coefficient (Wildman–Crippen LogP) is 5.11. The van der Waals surface area contributed by atoms with Crippen LogP contribution < -0.4 is 4.74 Å². The smallest absolute Gasteiger partial charge is 0.405 e. The largest absolute Gasteiger partial charge is 0.573 e. The highest BCUT2D eigenvalue weighted by molar-refractivity contribution is 5.84. The van der Waals surface area contributed by atoms with Crippen LogP contribution in [-0.2, 0) is 6.54 Å². The summed E-state index contributed by atoms with van der Waals surface area (Å²) in [5, 5.41) is 20.9. The van der Waals surface area contributed by atoms with E-state index in [9.17, 15) is 13.2 Å². The number of nitrogens with zero attached hydrogens (tertiary/aromatic N) is 6. The summed E-state index contributed by atoms with van der Waals surface area (Å²) in [5.41, 5.74) is 5.06. The van der Waals surface area contributed by atoms with Crippen LogP contribution in [0.2, 0.25) is 0 Å². The Morgan fingerprint density at radius 1 is 0.971 bits per heavy atom. The van der Waals surface area contributed by atoms with E-state index in [2.05, 4.69) is 30.3 Å². The van der Waals surface area contributed by atoms with Gasteiger partial charge in [-0.05, 0) is 42.5 Å². The van der Waals surface area contributed by atoms with E-state index in [1.54, 1.807) is 40.0 Å². The van der Waals surface area contributed by atoms with Crippen LogP contribution in [0.4, 0.5) is 13.2 Å². The zero-order valence-electron chi connectivity index (χ0n) is 17.9. The van der Waals surface area contributed by atoms with Gasteiger partial charge in [-0.1, -0.05) is 29.5 Å². The van der Waals surface area contributed by atoms with Crippen molar-refractivity contribution in [3.8, 4) is 22.7 Å². The predicted molar refractivity (Wildman–Crippen MR) is 122 cm³/mol. The first kappa shape index (κ1) is 20.9. The fourth-order valence-electron chi connectivity index (χ4n) is 4.05. The van der Waals surface area contributed by atoms with Gasteiger partial charge in [0.25, 0.3) is 0 Å². The Bertz CT molecular complexity index is 1660. The number of hydrogen-bond acceptors (Lipinski definition) is 5. The van der Waals surface area contributed by atoms with Gasteiger partial charge in [0.15, 0.2) is 0 Å². The van der Waals surface area contributed by atoms with Gasteiger partial charge in [-0.2, -0.15) is 10.2 Å². The summed E-state index contributed by atoms with van der Waals surface area (Å²) in [6.07, 6.45) is -1.43. The Kier molecular flexibility index (Phi) is 4.76. The third-order valence-corrected chi connectivity index (χ3v) is 5.65. The van der Waals surface area contributed by atoms with Crippen molar-refractivity contribution in [2.45, 2.75) is 12.9 Å². The van der Waals surface area contributed by atoms with Crippen LogP contribution in [0.5, 0.6) is 5.75 Å². The molecule has 3 aromatic heterocycles. The SMILES string of the molecule is FC(F)(F)Oc1ccccc1Cn1nccc1-c1ccc2nnn(-c3ccc4cn[nH]c4c3)c2c1. The van der Waals surface area contributed by atoms with Crippen LogP contribution in [0, 0.1) is 0 Å². The Hall–Kier alpha value is -4.67. The van der Waals surface area contributed by atoms with E-state index >= 15 is 0 Å². The van der Waals surface area contributed by atoms with Gasteiger partial charge in [-0.15, -0.1) is 18.3 Å². The molecule has 3 heterocycles. The quantitative estimate of drug-likeness (QED) is 0.375. The molecule has 174 valence electrons. The molecule has 0 unspecified atom stereocenters. The summed E-state index contributed by atoms with van der Waals surface area (Å²) in [7, 11) is 0. The summed E-state index contributed by atoms with van der Waals surface area (Å²) >= 11 is 0. The number of aromatic nitrogens is 7. The summed E-state index contributed by atoms with van der Waals surface area (Å²) in [6, 6.07) is 19.3. The number of aromatic amines is 1. The molecule has 6 aromatic rings. The van der Waals surface area contributed by atoms with Gasteiger partial charge >= 0.3 is 6.36 Å². The minimum atomic E-state index is -4.78. The van der Waals surface area contributed by atoms with Crippen molar-refractivity contribution in [3.05, 3.63) is 84.7 Å². The van der Waals surface area contributed by atoms with E-state index in [-0.39, 0.29) is 12.3 Å². The Morgan fingerprint density at radius 2 is 1.86 bits per heavy atom. The van der Waals surface area contributed by atoms with Crippen molar-refractivity contribution in [2.75, 3.05) is 0 Å². The van der Waals surface area contributed by atoms with E-state index in [1.807, 2.05) is 36.4 Å². The molecule has 0 saturated heterocycles. The zero-order valence-corrected chi connectivity index (χ0v) is 17.9. The Balaban J connectivity index is 1.38. The summed E-state index contributed by atoms with van der Waals surface area (Å²) in [4.78, 5) is 0. The number of fused-ring (bicyclic) bond motifs is 2. The highest BCUT2D eigenvalue weighted by Crippen LogP contribution is 2.29. The first-order valence-electron chi connectivity index (χ1n) is 10.6. The minimum absolute atomic E-state index is 0.0978. The lowest BCUT2D eigenvalue weighted by Crippen LogP contribution is -2.18. The van der Waals surface area contributed by atoms with Gasteiger partial charge in [0.05, 0.1) is 35.2 Å². The van der Waals surface area contributed by atoms with Crippen LogP contribution in [0.1, 0.15) is 5.56 Å². The molecular formula is C24H16F3N7O. The van der Waals surface area contributed by atoms with Crippen molar-refractivity contribution >= 4 is 21.9 Å². The van der Waals surface area contributed by atoms with Gasteiger partial charge in [-0.3, -0.25) is 9.78 Å². The number of benzene rings is 3. The van der Waals surface area contributed by atoms with Crippen molar-refractivity contribution < 1.29 is 17.9 Å². The number of nitrogens with one attached hydrogen (secondary N) is 1. The second-order valence-electron chi connectivity index (χ2n) is 7.88. The molecule has 1 N–H and O–H groups in total. The topological polar surface area (TPSA) is 86.4 Å². The third-order valence-electron chi connectivity index (χ3n) is 5.65. The molecule has 11 heteroatoms. The van der Waals surface area contributed by atoms with Crippen LogP contribution >= 0.6 is 0 Å². The lowest BCUT2D eigenvalue weighted by Gasteiger charge is -2.14. The van der Waals surface area contributed by atoms with Crippen molar-refractivity contribution in [3.63, 3.8) is 0 Å². The van der Waals surface area contributed by atoms with Gasteiger partial charge in [0.1, 0.15) is 11.3 Å². The van der Waals surface area contributed by atoms with Gasteiger partial charge in [-0.25, -0.2) is 4.68 Å². The second-order valence-corrected chi connectivity index (χ2v) is 7.88. The summed E-state index contributed by atoms with van der Waals surface area (Å²) < 4.78 is 46.1. The van der Waals surface area contributed by atoms with E-state index in [0.717, 1.165) is 33.4 Å². The molecule has 6 rings (SSSR count). The molecule has 8 nitrogen and oxygen atoms in total. The zero-order chi connectivity index (χ0) is 24.0. The Morgan fingerprint density at radius 3 is 2.74 bits per heavy atom. The highest BCUT2D eigenvalue weighted by Gasteiger charge is 2.32. The average Bonchev–Trinajstić information content (AvgIpc) is 3.58. The number of para-hydroxylation sites is 1. The van der Waals surface area contributed by atoms with Crippen LogP contribution in [0.15, 0.2) is 79.1 Å². The summed E-state index contributed by atoms with van der Waals surface area (Å²) in [5.74, 6) is -0.256. The molecule has 0 spiro atoms. The van der Waals surface area contributed by atoms with Crippen LogP contribution in [0.25, 0.3) is 38.9 Å². The van der Waals surface area contributed by atoms with E-state index in [1.165, 1.54) is 12.1 Å². The summed E-state index contributed by atoms with van der Waals surface area (Å²) in [6.45, 7) is 0.0978. The van der Waals surface area contributed by atoms with E-state index in [0.29, 0.717) is 11.1 Å². The number of rotatable bonds is 5. The van der Waals surface area contributed by atoms with Crippen LogP contribution in [0.3, 0.4) is 0 Å². The molecule has 0 aliphatic rings. The highest BCUT2D eigenvalue weighted by atomic mass is 19.4. The molecule has 0 saturated carbocycles. The maximum Gasteiger partial charge on any atom is 0.573 e.